The first-order valence-electron chi connectivity index (χ1n) is 6.52. The molecule has 1 fully saturated rings. The van der Waals surface area contributed by atoms with Crippen LogP contribution in [0.2, 0.25) is 0 Å². The number of aryl methyl sites for hydroxylation is 1. The van der Waals surface area contributed by atoms with Gasteiger partial charge in [-0.25, -0.2) is 0 Å². The highest BCUT2D eigenvalue weighted by molar-refractivity contribution is 6.73. The second-order valence-corrected chi connectivity index (χ2v) is 4.87. The van der Waals surface area contributed by atoms with Crippen molar-refractivity contribution < 1.29 is 22.4 Å². The first-order valence-corrected chi connectivity index (χ1v) is 6.52. The summed E-state index contributed by atoms with van der Waals surface area (Å²) in [4.78, 5) is 0. The van der Waals surface area contributed by atoms with Crippen LogP contribution >= 0.6 is 0 Å². The second kappa shape index (κ2) is 5.86. The minimum absolute atomic E-state index is 0.234. The summed E-state index contributed by atoms with van der Waals surface area (Å²) in [6, 6.07) is 3.62. The highest BCUT2D eigenvalue weighted by atomic mass is 19.4. The average Bonchev–Trinajstić information content (AvgIpc) is 2.83. The lowest BCUT2D eigenvalue weighted by molar-refractivity contribution is 0.0902. The summed E-state index contributed by atoms with van der Waals surface area (Å²) in [6.45, 7) is -2.04. The van der Waals surface area contributed by atoms with Gasteiger partial charge in [-0.15, -0.1) is 5.46 Å². The van der Waals surface area contributed by atoms with Crippen molar-refractivity contribution in [2.45, 2.75) is 32.3 Å². The summed E-state index contributed by atoms with van der Waals surface area (Å²) in [5.41, 5.74) is -0.0620. The van der Waals surface area contributed by atoms with E-state index >= 15 is 0 Å². The predicted octanol–water partition coefficient (Wildman–Crippen LogP) is 3.00. The third-order valence-corrected chi connectivity index (χ3v) is 3.30. The number of rotatable bonds is 5. The molecular weight excluding hydrogens is 256 g/mol. The normalized spacial score (nSPS) is 19.7. The molecule has 1 saturated heterocycles. The fourth-order valence-corrected chi connectivity index (χ4v) is 2.21. The minimum atomic E-state index is -4.94. The summed E-state index contributed by atoms with van der Waals surface area (Å²) < 4.78 is 48.7. The van der Waals surface area contributed by atoms with Crippen molar-refractivity contribution in [2.24, 2.45) is 0 Å². The molecule has 1 aromatic carbocycles. The van der Waals surface area contributed by atoms with E-state index in [1.165, 1.54) is 6.07 Å². The van der Waals surface area contributed by atoms with Crippen LogP contribution in [0.4, 0.5) is 12.9 Å². The smallest absolute Gasteiger partial charge is 0.493 e. The lowest BCUT2D eigenvalue weighted by Gasteiger charge is -2.17. The molecule has 6 heteroatoms. The van der Waals surface area contributed by atoms with Gasteiger partial charge in [0, 0.05) is 13.0 Å². The molecule has 106 valence electrons. The Morgan fingerprint density at radius 1 is 1.37 bits per heavy atom. The predicted molar refractivity (Wildman–Crippen MR) is 69.0 cm³/mol. The quantitative estimate of drug-likeness (QED) is 0.768. The standard InChI is InChI=1S/C13H17BF3O2/c1-10-9-11(14(15,16)17)4-5-13(10)19-8-6-12-3-2-7-18-12/h4-5,9,12H,2-3,6-8H2,1H3/q-1. The van der Waals surface area contributed by atoms with Crippen molar-refractivity contribution in [3.63, 3.8) is 0 Å². The molecule has 0 N–H and O–H groups in total. The molecule has 1 atom stereocenters. The van der Waals surface area contributed by atoms with Gasteiger partial charge in [0.15, 0.2) is 0 Å². The van der Waals surface area contributed by atoms with E-state index in [4.69, 9.17) is 9.47 Å². The zero-order chi connectivity index (χ0) is 13.9. The second-order valence-electron chi connectivity index (χ2n) is 4.87. The number of benzene rings is 1. The molecule has 0 saturated carbocycles. The van der Waals surface area contributed by atoms with E-state index in [0.717, 1.165) is 38.0 Å². The maximum Gasteiger partial charge on any atom is 0.509 e. The monoisotopic (exact) mass is 273 g/mol. The van der Waals surface area contributed by atoms with Crippen LogP contribution in [0.1, 0.15) is 24.8 Å². The Morgan fingerprint density at radius 2 is 2.16 bits per heavy atom. The van der Waals surface area contributed by atoms with Crippen LogP contribution in [-0.4, -0.2) is 26.3 Å². The largest absolute Gasteiger partial charge is 0.509 e. The molecule has 19 heavy (non-hydrogen) atoms. The molecule has 0 radical (unpaired) electrons. The molecule has 1 aromatic rings. The average molecular weight is 273 g/mol. The minimum Gasteiger partial charge on any atom is -0.493 e. The van der Waals surface area contributed by atoms with Crippen LogP contribution in [0.25, 0.3) is 0 Å². The fraction of sp³-hybridized carbons (Fsp3) is 0.538. The van der Waals surface area contributed by atoms with E-state index in [9.17, 15) is 12.9 Å². The van der Waals surface area contributed by atoms with Gasteiger partial charge in [-0.05, 0) is 31.4 Å². The molecule has 2 nitrogen and oxygen atoms in total. The SMILES string of the molecule is Cc1cc([B-](F)(F)F)ccc1OCCC1CCCO1. The molecule has 0 aliphatic carbocycles. The number of hydrogen-bond acceptors (Lipinski definition) is 2. The molecule has 1 aliphatic rings. The van der Waals surface area contributed by atoms with Crippen LogP contribution in [-0.2, 0) is 4.74 Å². The van der Waals surface area contributed by atoms with Crippen molar-refractivity contribution in [3.05, 3.63) is 23.8 Å². The highest BCUT2D eigenvalue weighted by Gasteiger charge is 2.25. The van der Waals surface area contributed by atoms with Gasteiger partial charge in [0.2, 0.25) is 0 Å². The van der Waals surface area contributed by atoms with Crippen molar-refractivity contribution in [2.75, 3.05) is 13.2 Å². The summed E-state index contributed by atoms with van der Waals surface area (Å²) in [6.07, 6.45) is 3.13. The molecule has 0 amide bonds. The van der Waals surface area contributed by atoms with Gasteiger partial charge >= 0.3 is 6.98 Å². The van der Waals surface area contributed by atoms with Crippen LogP contribution in [0.3, 0.4) is 0 Å². The van der Waals surface area contributed by atoms with Gasteiger partial charge in [-0.2, -0.15) is 0 Å². The van der Waals surface area contributed by atoms with Crippen LogP contribution < -0.4 is 10.2 Å². The molecule has 0 aromatic heterocycles. The van der Waals surface area contributed by atoms with E-state index in [0.29, 0.717) is 17.9 Å². The van der Waals surface area contributed by atoms with E-state index < -0.39 is 12.4 Å². The van der Waals surface area contributed by atoms with E-state index in [-0.39, 0.29) is 6.10 Å². The Labute approximate surface area is 111 Å². The Bertz CT molecular complexity index is 428. The van der Waals surface area contributed by atoms with Gasteiger partial charge in [-0.1, -0.05) is 12.1 Å². The van der Waals surface area contributed by atoms with E-state index in [1.807, 2.05) is 0 Å². The Balaban J connectivity index is 1.90. The number of halogens is 3. The maximum atomic E-state index is 12.6. The zero-order valence-corrected chi connectivity index (χ0v) is 10.9. The highest BCUT2D eigenvalue weighted by Crippen LogP contribution is 2.20. The summed E-state index contributed by atoms with van der Waals surface area (Å²) >= 11 is 0. The van der Waals surface area contributed by atoms with E-state index in [1.54, 1.807) is 6.92 Å². The molecule has 0 spiro atoms. The van der Waals surface area contributed by atoms with Crippen LogP contribution in [0.15, 0.2) is 18.2 Å². The van der Waals surface area contributed by atoms with Gasteiger partial charge < -0.3 is 22.4 Å². The topological polar surface area (TPSA) is 18.5 Å². The molecular formula is C13H17BF3O2-. The van der Waals surface area contributed by atoms with Crippen molar-refractivity contribution in [3.8, 4) is 5.75 Å². The maximum absolute atomic E-state index is 12.6. The van der Waals surface area contributed by atoms with Crippen LogP contribution in [0.5, 0.6) is 5.75 Å². The van der Waals surface area contributed by atoms with Gasteiger partial charge in [0.05, 0.1) is 12.7 Å². The van der Waals surface area contributed by atoms with Gasteiger partial charge in [-0.3, -0.25) is 0 Å². The van der Waals surface area contributed by atoms with E-state index in [2.05, 4.69) is 0 Å². The summed E-state index contributed by atoms with van der Waals surface area (Å²) in [7, 11) is 0. The molecule has 0 bridgehead atoms. The fourth-order valence-electron chi connectivity index (χ4n) is 2.21. The third kappa shape index (κ3) is 3.90. The third-order valence-electron chi connectivity index (χ3n) is 3.30. The zero-order valence-electron chi connectivity index (χ0n) is 10.9. The molecule has 1 unspecified atom stereocenters. The van der Waals surface area contributed by atoms with Crippen molar-refractivity contribution in [1.82, 2.24) is 0 Å². The summed E-state index contributed by atoms with van der Waals surface area (Å²) in [5.74, 6) is 0.516. The number of ether oxygens (including phenoxy) is 2. The lowest BCUT2D eigenvalue weighted by atomic mass is 9.79. The molecule has 2 rings (SSSR count). The lowest BCUT2D eigenvalue weighted by Crippen LogP contribution is -2.34. The summed E-state index contributed by atoms with van der Waals surface area (Å²) in [5, 5.41) is 0. The van der Waals surface area contributed by atoms with Crippen molar-refractivity contribution >= 4 is 12.4 Å². The Morgan fingerprint density at radius 3 is 2.74 bits per heavy atom. The first kappa shape index (κ1) is 14.2. The Hall–Kier alpha value is -1.17. The van der Waals surface area contributed by atoms with Gasteiger partial charge in [0.1, 0.15) is 5.75 Å². The van der Waals surface area contributed by atoms with Crippen molar-refractivity contribution in [1.29, 1.82) is 0 Å². The van der Waals surface area contributed by atoms with Gasteiger partial charge in [0.25, 0.3) is 0 Å². The molecule has 1 aliphatic heterocycles. The number of hydrogen-bond donors (Lipinski definition) is 0. The van der Waals surface area contributed by atoms with Crippen LogP contribution in [0, 0.1) is 6.92 Å². The molecule has 1 heterocycles. The first-order chi connectivity index (χ1) is 8.97. The Kier molecular flexibility index (Phi) is 4.40.